The highest BCUT2D eigenvalue weighted by atomic mass is 15.1. The second-order valence-electron chi connectivity index (χ2n) is 4.18. The van der Waals surface area contributed by atoms with Crippen LogP contribution in [0.1, 0.15) is 6.42 Å². The van der Waals surface area contributed by atoms with Crippen molar-refractivity contribution in [1.29, 1.82) is 0 Å². The molecule has 1 saturated heterocycles. The predicted octanol–water partition coefficient (Wildman–Crippen LogP) is 0.712. The van der Waals surface area contributed by atoms with Gasteiger partial charge in [0.15, 0.2) is 0 Å². The van der Waals surface area contributed by atoms with E-state index in [1.54, 1.807) is 0 Å². The van der Waals surface area contributed by atoms with Crippen molar-refractivity contribution in [3.8, 4) is 0 Å². The second-order valence-corrected chi connectivity index (χ2v) is 4.18. The molecule has 3 atom stereocenters. The lowest BCUT2D eigenvalue weighted by Crippen LogP contribution is -2.40. The number of nitrogens with zero attached hydrogens (tertiary/aromatic N) is 1. The Morgan fingerprint density at radius 1 is 1.33 bits per heavy atom. The third-order valence-corrected chi connectivity index (χ3v) is 3.23. The molecule has 2 aliphatic rings. The van der Waals surface area contributed by atoms with Crippen molar-refractivity contribution < 1.29 is 0 Å². The van der Waals surface area contributed by atoms with Crippen LogP contribution < -0.4 is 5.32 Å². The van der Waals surface area contributed by atoms with Crippen LogP contribution in [0.3, 0.4) is 0 Å². The molecule has 1 fully saturated rings. The first kappa shape index (κ1) is 8.27. The zero-order valence-corrected chi connectivity index (χ0v) is 7.96. The van der Waals surface area contributed by atoms with Crippen molar-refractivity contribution in [3.05, 3.63) is 12.2 Å². The van der Waals surface area contributed by atoms with Gasteiger partial charge in [-0.15, -0.1) is 0 Å². The van der Waals surface area contributed by atoms with Crippen LogP contribution in [0.25, 0.3) is 0 Å². The van der Waals surface area contributed by atoms with Crippen molar-refractivity contribution in [1.82, 2.24) is 10.2 Å². The zero-order chi connectivity index (χ0) is 8.55. The van der Waals surface area contributed by atoms with E-state index in [1.165, 1.54) is 19.5 Å². The van der Waals surface area contributed by atoms with E-state index < -0.39 is 0 Å². The highest BCUT2D eigenvalue weighted by molar-refractivity contribution is 5.07. The lowest BCUT2D eigenvalue weighted by Gasteiger charge is -2.34. The van der Waals surface area contributed by atoms with Gasteiger partial charge in [-0.3, -0.25) is 0 Å². The van der Waals surface area contributed by atoms with Crippen LogP contribution in [-0.4, -0.2) is 38.1 Å². The highest BCUT2D eigenvalue weighted by Crippen LogP contribution is 2.30. The average molecular weight is 166 g/mol. The summed E-state index contributed by atoms with van der Waals surface area (Å²) >= 11 is 0. The number of hydrogen-bond donors (Lipinski definition) is 1. The minimum absolute atomic E-state index is 0.759. The first-order valence-corrected chi connectivity index (χ1v) is 4.83. The SMILES string of the molecule is CN(C)C1CC=CC2CNCC21. The summed E-state index contributed by atoms with van der Waals surface area (Å²) in [5.41, 5.74) is 0. The van der Waals surface area contributed by atoms with E-state index in [9.17, 15) is 0 Å². The van der Waals surface area contributed by atoms with E-state index >= 15 is 0 Å². The topological polar surface area (TPSA) is 15.3 Å². The smallest absolute Gasteiger partial charge is 0.0170 e. The molecular weight excluding hydrogens is 148 g/mol. The summed E-state index contributed by atoms with van der Waals surface area (Å²) in [5, 5.41) is 3.47. The highest BCUT2D eigenvalue weighted by Gasteiger charge is 2.34. The van der Waals surface area contributed by atoms with Gasteiger partial charge in [0, 0.05) is 19.1 Å². The fourth-order valence-electron chi connectivity index (χ4n) is 2.51. The predicted molar refractivity (Wildman–Crippen MR) is 51.1 cm³/mol. The van der Waals surface area contributed by atoms with Gasteiger partial charge in [0.2, 0.25) is 0 Å². The first-order valence-electron chi connectivity index (χ1n) is 4.83. The van der Waals surface area contributed by atoms with Gasteiger partial charge in [0.1, 0.15) is 0 Å². The third kappa shape index (κ3) is 1.29. The summed E-state index contributed by atoms with van der Waals surface area (Å²) in [6.07, 6.45) is 5.97. The lowest BCUT2D eigenvalue weighted by molar-refractivity contribution is 0.193. The minimum atomic E-state index is 0.759. The van der Waals surface area contributed by atoms with E-state index in [-0.39, 0.29) is 0 Å². The molecule has 1 N–H and O–H groups in total. The molecule has 12 heavy (non-hydrogen) atoms. The van der Waals surface area contributed by atoms with Crippen molar-refractivity contribution in [2.75, 3.05) is 27.2 Å². The summed E-state index contributed by atoms with van der Waals surface area (Å²) in [5.74, 6) is 1.65. The van der Waals surface area contributed by atoms with Crippen LogP contribution in [-0.2, 0) is 0 Å². The van der Waals surface area contributed by atoms with Crippen LogP contribution >= 0.6 is 0 Å². The normalized spacial score (nSPS) is 40.4. The number of fused-ring (bicyclic) bond motifs is 1. The van der Waals surface area contributed by atoms with Crippen LogP contribution in [0.15, 0.2) is 12.2 Å². The Hall–Kier alpha value is -0.340. The molecule has 0 spiro atoms. The molecule has 1 heterocycles. The molecule has 0 aromatic heterocycles. The largest absolute Gasteiger partial charge is 0.316 e. The zero-order valence-electron chi connectivity index (χ0n) is 7.96. The maximum Gasteiger partial charge on any atom is 0.0170 e. The Labute approximate surface area is 74.6 Å². The molecule has 3 unspecified atom stereocenters. The van der Waals surface area contributed by atoms with E-state index in [0.717, 1.165) is 17.9 Å². The molecule has 0 aromatic carbocycles. The molecule has 1 aliphatic heterocycles. The Balaban J connectivity index is 2.11. The summed E-state index contributed by atoms with van der Waals surface area (Å²) in [4.78, 5) is 2.37. The third-order valence-electron chi connectivity index (χ3n) is 3.23. The maximum absolute atomic E-state index is 3.47. The van der Waals surface area contributed by atoms with Gasteiger partial charge in [-0.1, -0.05) is 12.2 Å². The summed E-state index contributed by atoms with van der Waals surface area (Å²) in [6.45, 7) is 2.39. The van der Waals surface area contributed by atoms with Gasteiger partial charge >= 0.3 is 0 Å². The molecule has 2 rings (SSSR count). The molecular formula is C10H18N2. The maximum atomic E-state index is 3.47. The summed E-state index contributed by atoms with van der Waals surface area (Å²) < 4.78 is 0. The van der Waals surface area contributed by atoms with E-state index in [1.807, 2.05) is 0 Å². The van der Waals surface area contributed by atoms with Crippen molar-refractivity contribution in [3.63, 3.8) is 0 Å². The molecule has 2 heteroatoms. The molecule has 0 aromatic rings. The number of rotatable bonds is 1. The van der Waals surface area contributed by atoms with Crippen molar-refractivity contribution >= 4 is 0 Å². The summed E-state index contributed by atoms with van der Waals surface area (Å²) in [6, 6.07) is 0.759. The minimum Gasteiger partial charge on any atom is -0.316 e. The van der Waals surface area contributed by atoms with Gasteiger partial charge in [0.25, 0.3) is 0 Å². The Bertz CT molecular complexity index is 186. The molecule has 0 amide bonds. The standard InChI is InChI=1S/C10H18N2/c1-12(2)10-5-3-4-8-6-11-7-9(8)10/h3-4,8-11H,5-7H2,1-2H3. The van der Waals surface area contributed by atoms with Gasteiger partial charge in [-0.25, -0.2) is 0 Å². The van der Waals surface area contributed by atoms with E-state index in [2.05, 4.69) is 36.5 Å². The fraction of sp³-hybridized carbons (Fsp3) is 0.800. The Morgan fingerprint density at radius 3 is 2.92 bits per heavy atom. The van der Waals surface area contributed by atoms with Gasteiger partial charge in [0.05, 0.1) is 0 Å². The Morgan fingerprint density at radius 2 is 2.17 bits per heavy atom. The van der Waals surface area contributed by atoms with Crippen LogP contribution in [0.2, 0.25) is 0 Å². The van der Waals surface area contributed by atoms with Gasteiger partial charge < -0.3 is 10.2 Å². The van der Waals surface area contributed by atoms with Crippen molar-refractivity contribution in [2.45, 2.75) is 12.5 Å². The molecule has 68 valence electrons. The molecule has 0 radical (unpaired) electrons. The van der Waals surface area contributed by atoms with E-state index in [4.69, 9.17) is 0 Å². The fourth-order valence-corrected chi connectivity index (χ4v) is 2.51. The van der Waals surface area contributed by atoms with Crippen LogP contribution in [0.4, 0.5) is 0 Å². The number of nitrogens with one attached hydrogen (secondary N) is 1. The first-order chi connectivity index (χ1) is 5.79. The monoisotopic (exact) mass is 166 g/mol. The van der Waals surface area contributed by atoms with Crippen molar-refractivity contribution in [2.24, 2.45) is 11.8 Å². The Kier molecular flexibility index (Phi) is 2.20. The molecule has 0 bridgehead atoms. The van der Waals surface area contributed by atoms with Gasteiger partial charge in [-0.2, -0.15) is 0 Å². The molecule has 2 nitrogen and oxygen atoms in total. The van der Waals surface area contributed by atoms with Gasteiger partial charge in [-0.05, 0) is 32.4 Å². The lowest BCUT2D eigenvalue weighted by atomic mass is 9.82. The molecule has 0 saturated carbocycles. The number of hydrogen-bond acceptors (Lipinski definition) is 2. The van der Waals surface area contributed by atoms with E-state index in [0.29, 0.717) is 0 Å². The molecule has 1 aliphatic carbocycles. The van der Waals surface area contributed by atoms with Crippen LogP contribution in [0.5, 0.6) is 0 Å². The summed E-state index contributed by atoms with van der Waals surface area (Å²) in [7, 11) is 4.39. The second kappa shape index (κ2) is 3.19. The quantitative estimate of drug-likeness (QED) is 0.577. The average Bonchev–Trinajstić information content (AvgIpc) is 2.49. The van der Waals surface area contributed by atoms with Crippen LogP contribution in [0, 0.1) is 11.8 Å².